The van der Waals surface area contributed by atoms with Crippen LogP contribution in [0.25, 0.3) is 0 Å². The van der Waals surface area contributed by atoms with E-state index in [1.165, 1.54) is 0 Å². The number of benzene rings is 2. The van der Waals surface area contributed by atoms with Crippen LogP contribution in [-0.4, -0.2) is 48.3 Å². The molecule has 8 heteroatoms. The lowest BCUT2D eigenvalue weighted by atomic mass is 10.1. The maximum atomic E-state index is 13.2. The van der Waals surface area contributed by atoms with Crippen LogP contribution in [0.2, 0.25) is 0 Å². The van der Waals surface area contributed by atoms with Crippen molar-refractivity contribution < 1.29 is 14.4 Å². The van der Waals surface area contributed by atoms with Crippen molar-refractivity contribution in [2.24, 2.45) is 0 Å². The molecule has 1 aliphatic rings. The summed E-state index contributed by atoms with van der Waals surface area (Å²) in [5.74, 6) is -0.499. The van der Waals surface area contributed by atoms with Crippen molar-refractivity contribution >= 4 is 50.7 Å². The Labute approximate surface area is 184 Å². The molecule has 0 radical (unpaired) electrons. The Bertz CT molecular complexity index is 965. The SMILES string of the molecule is C[C@@H]1CC(=O)Nc2ccccc2N1C(=O)CN(C)[C@@H](C)C(=O)Nc1cccc(Br)c1. The van der Waals surface area contributed by atoms with Crippen molar-refractivity contribution in [3.05, 3.63) is 53.0 Å². The fraction of sp³-hybridized carbons (Fsp3) is 0.318. The molecule has 0 bridgehead atoms. The molecule has 2 aromatic carbocycles. The predicted molar refractivity (Wildman–Crippen MR) is 122 cm³/mol. The normalized spacial score (nSPS) is 17.0. The first-order valence-corrected chi connectivity index (χ1v) is 10.5. The molecule has 158 valence electrons. The molecule has 2 N–H and O–H groups in total. The molecule has 7 nitrogen and oxygen atoms in total. The van der Waals surface area contributed by atoms with Crippen molar-refractivity contribution in [3.63, 3.8) is 0 Å². The first-order valence-electron chi connectivity index (χ1n) is 9.74. The van der Waals surface area contributed by atoms with Crippen LogP contribution in [0.4, 0.5) is 17.1 Å². The lowest BCUT2D eigenvalue weighted by Crippen LogP contribution is -2.48. The van der Waals surface area contributed by atoms with Crippen LogP contribution in [0.5, 0.6) is 0 Å². The molecule has 3 amide bonds. The monoisotopic (exact) mass is 472 g/mol. The number of nitrogens with zero attached hydrogens (tertiary/aromatic N) is 2. The van der Waals surface area contributed by atoms with E-state index in [4.69, 9.17) is 0 Å². The standard InChI is InChI=1S/C22H25BrN4O3/c1-14-11-20(28)25-18-9-4-5-10-19(18)27(14)21(29)13-26(3)15(2)22(30)24-17-8-6-7-16(23)12-17/h4-10,12,14-15H,11,13H2,1-3H3,(H,24,30)(H,25,28)/t14-,15+/m1/s1. The van der Waals surface area contributed by atoms with E-state index in [1.807, 2.05) is 43.3 Å². The lowest BCUT2D eigenvalue weighted by Gasteiger charge is -2.31. The van der Waals surface area contributed by atoms with Gasteiger partial charge in [-0.05, 0) is 51.2 Å². The third kappa shape index (κ3) is 5.06. The molecule has 0 fully saturated rings. The zero-order valence-corrected chi connectivity index (χ0v) is 18.8. The van der Waals surface area contributed by atoms with E-state index in [0.29, 0.717) is 17.1 Å². The predicted octanol–water partition coefficient (Wildman–Crippen LogP) is 3.47. The Kier molecular flexibility index (Phi) is 6.89. The summed E-state index contributed by atoms with van der Waals surface area (Å²) in [5.41, 5.74) is 1.96. The van der Waals surface area contributed by atoms with E-state index < -0.39 is 6.04 Å². The van der Waals surface area contributed by atoms with E-state index in [-0.39, 0.29) is 36.7 Å². The third-order valence-corrected chi connectivity index (χ3v) is 5.64. The number of hydrogen-bond acceptors (Lipinski definition) is 4. The van der Waals surface area contributed by atoms with Gasteiger partial charge in [-0.15, -0.1) is 0 Å². The Morgan fingerprint density at radius 3 is 2.73 bits per heavy atom. The fourth-order valence-electron chi connectivity index (χ4n) is 3.41. The molecule has 0 aromatic heterocycles. The summed E-state index contributed by atoms with van der Waals surface area (Å²) in [7, 11) is 1.74. The van der Waals surface area contributed by atoms with E-state index in [2.05, 4.69) is 26.6 Å². The molecule has 2 aromatic rings. The van der Waals surface area contributed by atoms with E-state index in [9.17, 15) is 14.4 Å². The van der Waals surface area contributed by atoms with Gasteiger partial charge in [-0.3, -0.25) is 19.3 Å². The molecule has 1 aliphatic heterocycles. The van der Waals surface area contributed by atoms with Crippen LogP contribution >= 0.6 is 15.9 Å². The quantitative estimate of drug-likeness (QED) is 0.697. The minimum atomic E-state index is -0.523. The molecule has 3 rings (SSSR count). The zero-order valence-electron chi connectivity index (χ0n) is 17.2. The van der Waals surface area contributed by atoms with Gasteiger partial charge in [0.25, 0.3) is 0 Å². The second kappa shape index (κ2) is 9.40. The lowest BCUT2D eigenvalue weighted by molar-refractivity contribution is -0.123. The van der Waals surface area contributed by atoms with Crippen LogP contribution in [0, 0.1) is 0 Å². The first kappa shape index (κ1) is 22.0. The number of likely N-dealkylation sites (N-methyl/N-ethyl adjacent to an activating group) is 1. The smallest absolute Gasteiger partial charge is 0.241 e. The number of anilines is 3. The number of rotatable bonds is 5. The summed E-state index contributed by atoms with van der Waals surface area (Å²) in [6.07, 6.45) is 0.211. The van der Waals surface area contributed by atoms with Crippen molar-refractivity contribution in [2.75, 3.05) is 29.1 Å². The number of nitrogens with one attached hydrogen (secondary N) is 2. The maximum Gasteiger partial charge on any atom is 0.241 e. The number of amides is 3. The van der Waals surface area contributed by atoms with Gasteiger partial charge in [0.2, 0.25) is 17.7 Å². The van der Waals surface area contributed by atoms with Gasteiger partial charge in [0.15, 0.2) is 0 Å². The number of hydrogen-bond donors (Lipinski definition) is 2. The molecule has 1 heterocycles. The highest BCUT2D eigenvalue weighted by Crippen LogP contribution is 2.31. The highest BCUT2D eigenvalue weighted by molar-refractivity contribution is 9.10. The minimum Gasteiger partial charge on any atom is -0.325 e. The third-order valence-electron chi connectivity index (χ3n) is 5.15. The van der Waals surface area contributed by atoms with Gasteiger partial charge in [-0.1, -0.05) is 34.1 Å². The van der Waals surface area contributed by atoms with Gasteiger partial charge in [0, 0.05) is 22.6 Å². The van der Waals surface area contributed by atoms with Crippen LogP contribution in [-0.2, 0) is 14.4 Å². The van der Waals surface area contributed by atoms with Crippen molar-refractivity contribution in [3.8, 4) is 0 Å². The molecular formula is C22H25BrN4O3. The molecule has 2 atom stereocenters. The second-order valence-corrected chi connectivity index (χ2v) is 8.39. The van der Waals surface area contributed by atoms with Crippen LogP contribution in [0.15, 0.2) is 53.0 Å². The van der Waals surface area contributed by atoms with E-state index in [0.717, 1.165) is 4.47 Å². The van der Waals surface area contributed by atoms with Crippen molar-refractivity contribution in [1.29, 1.82) is 0 Å². The zero-order chi connectivity index (χ0) is 21.8. The highest BCUT2D eigenvalue weighted by atomic mass is 79.9. The summed E-state index contributed by atoms with van der Waals surface area (Å²) >= 11 is 3.38. The topological polar surface area (TPSA) is 81.8 Å². The van der Waals surface area contributed by atoms with Gasteiger partial charge in [0.05, 0.1) is 24.0 Å². The van der Waals surface area contributed by atoms with Gasteiger partial charge in [-0.2, -0.15) is 0 Å². The number of halogens is 1. The Balaban J connectivity index is 1.71. The van der Waals surface area contributed by atoms with Gasteiger partial charge in [-0.25, -0.2) is 0 Å². The van der Waals surface area contributed by atoms with Crippen molar-refractivity contribution in [1.82, 2.24) is 4.90 Å². The van der Waals surface area contributed by atoms with E-state index in [1.54, 1.807) is 35.9 Å². The van der Waals surface area contributed by atoms with Crippen LogP contribution in [0.3, 0.4) is 0 Å². The largest absolute Gasteiger partial charge is 0.325 e. The molecule has 0 spiro atoms. The number of para-hydroxylation sites is 2. The molecule has 0 unspecified atom stereocenters. The van der Waals surface area contributed by atoms with Crippen LogP contribution < -0.4 is 15.5 Å². The van der Waals surface area contributed by atoms with Gasteiger partial charge in [0.1, 0.15) is 0 Å². The number of carbonyl (C=O) groups excluding carboxylic acids is 3. The summed E-state index contributed by atoms with van der Waals surface area (Å²) < 4.78 is 0.869. The molecular weight excluding hydrogens is 448 g/mol. The van der Waals surface area contributed by atoms with Gasteiger partial charge >= 0.3 is 0 Å². The van der Waals surface area contributed by atoms with Gasteiger partial charge < -0.3 is 15.5 Å². The van der Waals surface area contributed by atoms with Crippen molar-refractivity contribution in [2.45, 2.75) is 32.4 Å². The maximum absolute atomic E-state index is 13.2. The molecule has 0 saturated heterocycles. The highest BCUT2D eigenvalue weighted by Gasteiger charge is 2.31. The Morgan fingerprint density at radius 1 is 1.27 bits per heavy atom. The average Bonchev–Trinajstić information content (AvgIpc) is 2.81. The summed E-state index contributed by atoms with van der Waals surface area (Å²) in [6, 6.07) is 13.8. The minimum absolute atomic E-state index is 0.0416. The van der Waals surface area contributed by atoms with E-state index >= 15 is 0 Å². The summed E-state index contributed by atoms with van der Waals surface area (Å²) in [6.45, 7) is 3.65. The Hall–Kier alpha value is -2.71. The second-order valence-electron chi connectivity index (χ2n) is 7.47. The Morgan fingerprint density at radius 2 is 2.00 bits per heavy atom. The summed E-state index contributed by atoms with van der Waals surface area (Å²) in [4.78, 5) is 41.3. The number of fused-ring (bicyclic) bond motifs is 1. The summed E-state index contributed by atoms with van der Waals surface area (Å²) in [5, 5.41) is 5.72. The molecule has 0 aliphatic carbocycles. The molecule has 30 heavy (non-hydrogen) atoms. The first-order chi connectivity index (χ1) is 14.3. The van der Waals surface area contributed by atoms with Crippen LogP contribution in [0.1, 0.15) is 20.3 Å². The average molecular weight is 473 g/mol. The fourth-order valence-corrected chi connectivity index (χ4v) is 3.81. The molecule has 0 saturated carbocycles. The number of carbonyl (C=O) groups is 3.